The molecule has 0 aliphatic carbocycles. The highest BCUT2D eigenvalue weighted by Gasteiger charge is 2.00. The average Bonchev–Trinajstić information content (AvgIpc) is 2.18. The van der Waals surface area contributed by atoms with Gasteiger partial charge in [0.2, 0.25) is 0 Å². The molecule has 3 N–H and O–H groups in total. The molecular weight excluding hydrogens is 178 g/mol. The topological polar surface area (TPSA) is 67.1 Å². The van der Waals surface area contributed by atoms with Gasteiger partial charge in [-0.2, -0.15) is 5.10 Å². The molecule has 5 nitrogen and oxygen atoms in total. The van der Waals surface area contributed by atoms with Crippen LogP contribution in [0.4, 0.5) is 5.82 Å². The smallest absolute Gasteiger partial charge is 0.153 e. The van der Waals surface area contributed by atoms with Crippen molar-refractivity contribution in [1.82, 2.24) is 15.1 Å². The fourth-order valence-corrected chi connectivity index (χ4v) is 1.07. The first-order valence-electron chi connectivity index (χ1n) is 4.63. The summed E-state index contributed by atoms with van der Waals surface area (Å²) in [5.74, 6) is 0.789. The van der Waals surface area contributed by atoms with E-state index in [0.29, 0.717) is 6.54 Å². The van der Waals surface area contributed by atoms with E-state index in [4.69, 9.17) is 5.73 Å². The second-order valence-electron chi connectivity index (χ2n) is 3.34. The van der Waals surface area contributed by atoms with E-state index < -0.39 is 0 Å². The van der Waals surface area contributed by atoms with Crippen molar-refractivity contribution in [3.05, 3.63) is 17.8 Å². The SMILES string of the molecule is CN(C)CCNc1nnccc1CN. The molecule has 0 spiro atoms. The third-order valence-electron chi connectivity index (χ3n) is 1.88. The molecule has 0 aliphatic heterocycles. The first kappa shape index (κ1) is 10.9. The number of hydrogen-bond donors (Lipinski definition) is 2. The van der Waals surface area contributed by atoms with Crippen LogP contribution in [0.1, 0.15) is 5.56 Å². The molecule has 1 heterocycles. The van der Waals surface area contributed by atoms with Gasteiger partial charge in [0.05, 0.1) is 6.20 Å². The molecule has 0 aliphatic rings. The van der Waals surface area contributed by atoms with Gasteiger partial charge in [-0.3, -0.25) is 0 Å². The summed E-state index contributed by atoms with van der Waals surface area (Å²) in [5.41, 5.74) is 6.56. The van der Waals surface area contributed by atoms with E-state index in [0.717, 1.165) is 24.5 Å². The number of nitrogens with zero attached hydrogens (tertiary/aromatic N) is 3. The number of nitrogens with one attached hydrogen (secondary N) is 1. The molecule has 0 amide bonds. The zero-order valence-electron chi connectivity index (χ0n) is 8.70. The van der Waals surface area contributed by atoms with Gasteiger partial charge in [-0.1, -0.05) is 0 Å². The van der Waals surface area contributed by atoms with Crippen LogP contribution in [0.15, 0.2) is 12.3 Å². The van der Waals surface area contributed by atoms with Crippen molar-refractivity contribution in [1.29, 1.82) is 0 Å². The van der Waals surface area contributed by atoms with E-state index in [1.165, 1.54) is 0 Å². The van der Waals surface area contributed by atoms with Crippen LogP contribution in [0.3, 0.4) is 0 Å². The fraction of sp³-hybridized carbons (Fsp3) is 0.556. The molecule has 1 aromatic heterocycles. The van der Waals surface area contributed by atoms with Gasteiger partial charge in [0, 0.05) is 25.2 Å². The molecule has 14 heavy (non-hydrogen) atoms. The Balaban J connectivity index is 2.49. The molecule has 5 heteroatoms. The van der Waals surface area contributed by atoms with Gasteiger partial charge < -0.3 is 16.0 Å². The molecule has 78 valence electrons. The van der Waals surface area contributed by atoms with E-state index in [1.54, 1.807) is 6.20 Å². The van der Waals surface area contributed by atoms with Crippen LogP contribution in [0, 0.1) is 0 Å². The van der Waals surface area contributed by atoms with Crippen molar-refractivity contribution in [3.8, 4) is 0 Å². The number of hydrogen-bond acceptors (Lipinski definition) is 5. The summed E-state index contributed by atoms with van der Waals surface area (Å²) in [4.78, 5) is 2.10. The largest absolute Gasteiger partial charge is 0.367 e. The predicted molar refractivity (Wildman–Crippen MR) is 57.0 cm³/mol. The van der Waals surface area contributed by atoms with Gasteiger partial charge in [0.1, 0.15) is 0 Å². The Bertz CT molecular complexity index is 274. The molecule has 0 atom stereocenters. The van der Waals surface area contributed by atoms with Gasteiger partial charge >= 0.3 is 0 Å². The van der Waals surface area contributed by atoms with Crippen molar-refractivity contribution in [2.45, 2.75) is 6.54 Å². The number of likely N-dealkylation sites (N-methyl/N-ethyl adjacent to an activating group) is 1. The predicted octanol–water partition coefficient (Wildman–Crippen LogP) is -0.0912. The Kier molecular flexibility index (Phi) is 4.28. The zero-order chi connectivity index (χ0) is 10.4. The summed E-state index contributed by atoms with van der Waals surface area (Å²) >= 11 is 0. The molecular formula is C9H17N5. The molecule has 0 saturated heterocycles. The Morgan fingerprint density at radius 1 is 1.50 bits per heavy atom. The summed E-state index contributed by atoms with van der Waals surface area (Å²) < 4.78 is 0. The number of anilines is 1. The second-order valence-corrected chi connectivity index (χ2v) is 3.34. The second kappa shape index (κ2) is 5.51. The summed E-state index contributed by atoms with van der Waals surface area (Å²) in [5, 5.41) is 11.0. The minimum absolute atomic E-state index is 0.486. The molecule has 0 unspecified atom stereocenters. The number of aromatic nitrogens is 2. The maximum Gasteiger partial charge on any atom is 0.153 e. The Morgan fingerprint density at radius 2 is 2.29 bits per heavy atom. The standard InChI is InChI=1S/C9H17N5/c1-14(2)6-5-11-9-8(7-10)3-4-12-13-9/h3-4H,5-7,10H2,1-2H3,(H,11,13). The van der Waals surface area contributed by atoms with Crippen LogP contribution in [0.25, 0.3) is 0 Å². The van der Waals surface area contributed by atoms with Crippen LogP contribution in [0.5, 0.6) is 0 Å². The summed E-state index contributed by atoms with van der Waals surface area (Å²) in [6.45, 7) is 2.29. The highest BCUT2D eigenvalue weighted by molar-refractivity contribution is 5.42. The van der Waals surface area contributed by atoms with Gasteiger partial charge in [-0.05, 0) is 20.2 Å². The van der Waals surface area contributed by atoms with Crippen molar-refractivity contribution in [2.24, 2.45) is 5.73 Å². The van der Waals surface area contributed by atoms with Crippen LogP contribution in [-0.4, -0.2) is 42.3 Å². The van der Waals surface area contributed by atoms with Gasteiger partial charge in [-0.25, -0.2) is 0 Å². The molecule has 0 saturated carbocycles. The summed E-state index contributed by atoms with van der Waals surface area (Å²) in [6, 6.07) is 1.88. The lowest BCUT2D eigenvalue weighted by atomic mass is 10.3. The molecule has 0 fully saturated rings. The molecule has 0 aromatic carbocycles. The van der Waals surface area contributed by atoms with Crippen LogP contribution >= 0.6 is 0 Å². The van der Waals surface area contributed by atoms with Crippen molar-refractivity contribution in [3.63, 3.8) is 0 Å². The highest BCUT2D eigenvalue weighted by Crippen LogP contribution is 2.07. The zero-order valence-corrected chi connectivity index (χ0v) is 8.70. The van der Waals surface area contributed by atoms with E-state index in [9.17, 15) is 0 Å². The van der Waals surface area contributed by atoms with Gasteiger partial charge in [0.25, 0.3) is 0 Å². The van der Waals surface area contributed by atoms with Crippen LogP contribution < -0.4 is 11.1 Å². The number of rotatable bonds is 5. The summed E-state index contributed by atoms with van der Waals surface area (Å²) in [6.07, 6.45) is 1.65. The van der Waals surface area contributed by atoms with Crippen molar-refractivity contribution >= 4 is 5.82 Å². The van der Waals surface area contributed by atoms with E-state index in [-0.39, 0.29) is 0 Å². The number of nitrogens with two attached hydrogens (primary N) is 1. The lowest BCUT2D eigenvalue weighted by Gasteiger charge is -2.11. The lowest BCUT2D eigenvalue weighted by Crippen LogP contribution is -2.22. The fourth-order valence-electron chi connectivity index (χ4n) is 1.07. The third kappa shape index (κ3) is 3.27. The third-order valence-corrected chi connectivity index (χ3v) is 1.88. The molecule has 1 aromatic rings. The Labute approximate surface area is 84.3 Å². The van der Waals surface area contributed by atoms with E-state index in [2.05, 4.69) is 20.4 Å². The monoisotopic (exact) mass is 195 g/mol. The van der Waals surface area contributed by atoms with Gasteiger partial charge in [0.15, 0.2) is 5.82 Å². The Hall–Kier alpha value is -1.20. The van der Waals surface area contributed by atoms with Gasteiger partial charge in [-0.15, -0.1) is 5.10 Å². The minimum Gasteiger partial charge on any atom is -0.367 e. The first-order chi connectivity index (χ1) is 6.74. The first-order valence-corrected chi connectivity index (χ1v) is 4.63. The maximum absolute atomic E-state index is 5.56. The van der Waals surface area contributed by atoms with Crippen molar-refractivity contribution in [2.75, 3.05) is 32.5 Å². The lowest BCUT2D eigenvalue weighted by molar-refractivity contribution is 0.425. The van der Waals surface area contributed by atoms with Crippen molar-refractivity contribution < 1.29 is 0 Å². The quantitative estimate of drug-likeness (QED) is 0.687. The maximum atomic E-state index is 5.56. The van der Waals surface area contributed by atoms with Crippen LogP contribution in [-0.2, 0) is 6.54 Å². The van der Waals surface area contributed by atoms with E-state index >= 15 is 0 Å². The molecule has 0 bridgehead atoms. The minimum atomic E-state index is 0.486. The van der Waals surface area contributed by atoms with Crippen LogP contribution in [0.2, 0.25) is 0 Å². The van der Waals surface area contributed by atoms with E-state index in [1.807, 2.05) is 20.2 Å². The molecule has 0 radical (unpaired) electrons. The molecule has 1 rings (SSSR count). The Morgan fingerprint density at radius 3 is 2.93 bits per heavy atom. The highest BCUT2D eigenvalue weighted by atomic mass is 15.2. The summed E-state index contributed by atoms with van der Waals surface area (Å²) in [7, 11) is 4.06. The normalized spacial score (nSPS) is 10.6. The average molecular weight is 195 g/mol.